The first-order valence-electron chi connectivity index (χ1n) is 5.72. The molecule has 0 fully saturated rings. The van der Waals surface area contributed by atoms with E-state index in [-0.39, 0.29) is 12.3 Å². The number of benzene rings is 1. The monoisotopic (exact) mass is 315 g/mol. The lowest BCUT2D eigenvalue weighted by Crippen LogP contribution is -2.24. The van der Waals surface area contributed by atoms with Crippen LogP contribution in [0.5, 0.6) is 0 Å². The number of halogens is 1. The third kappa shape index (κ3) is 4.62. The number of thiophene rings is 1. The smallest absolute Gasteiger partial charge is 0.212 e. The van der Waals surface area contributed by atoms with Gasteiger partial charge in [0.05, 0.1) is 10.1 Å². The van der Waals surface area contributed by atoms with Gasteiger partial charge >= 0.3 is 0 Å². The van der Waals surface area contributed by atoms with Crippen LogP contribution in [-0.4, -0.2) is 8.42 Å². The predicted molar refractivity (Wildman–Crippen MR) is 80.0 cm³/mol. The van der Waals surface area contributed by atoms with Crippen LogP contribution in [0.15, 0.2) is 36.4 Å². The average Bonchev–Trinajstić information content (AvgIpc) is 2.72. The normalized spacial score (nSPS) is 11.7. The zero-order valence-electron chi connectivity index (χ0n) is 10.4. The molecule has 2 rings (SSSR count). The van der Waals surface area contributed by atoms with Gasteiger partial charge in [-0.2, -0.15) is 0 Å². The third-order valence-electron chi connectivity index (χ3n) is 2.53. The maximum absolute atomic E-state index is 12.0. The van der Waals surface area contributed by atoms with Crippen LogP contribution in [0.25, 0.3) is 0 Å². The summed E-state index contributed by atoms with van der Waals surface area (Å²) in [5, 5.41) is 0. The van der Waals surface area contributed by atoms with E-state index in [0.717, 1.165) is 16.0 Å². The van der Waals surface area contributed by atoms with Gasteiger partial charge in [-0.3, -0.25) is 0 Å². The highest BCUT2D eigenvalue weighted by Gasteiger charge is 2.12. The summed E-state index contributed by atoms with van der Waals surface area (Å²) in [4.78, 5) is 0.901. The van der Waals surface area contributed by atoms with Gasteiger partial charge in [0, 0.05) is 11.4 Å². The molecule has 0 atom stereocenters. The summed E-state index contributed by atoms with van der Waals surface area (Å²) in [5.41, 5.74) is 1.84. The van der Waals surface area contributed by atoms with Crippen LogP contribution in [0.1, 0.15) is 16.0 Å². The number of rotatable bonds is 5. The summed E-state index contributed by atoms with van der Waals surface area (Å²) in [6.45, 7) is 2.22. The second-order valence-electron chi connectivity index (χ2n) is 4.28. The van der Waals surface area contributed by atoms with Gasteiger partial charge in [-0.15, -0.1) is 11.3 Å². The van der Waals surface area contributed by atoms with E-state index in [4.69, 9.17) is 11.6 Å². The maximum atomic E-state index is 12.0. The largest absolute Gasteiger partial charge is 0.216 e. The molecular weight excluding hydrogens is 302 g/mol. The van der Waals surface area contributed by atoms with Gasteiger partial charge in [0.25, 0.3) is 0 Å². The van der Waals surface area contributed by atoms with Gasteiger partial charge in [0.2, 0.25) is 10.0 Å². The number of nitrogens with one attached hydrogen (secondary N) is 1. The third-order valence-corrected chi connectivity index (χ3v) is 5.06. The van der Waals surface area contributed by atoms with Gasteiger partial charge in [0.15, 0.2) is 0 Å². The number of aryl methyl sites for hydroxylation is 1. The molecular formula is C13H14ClNO2S2. The van der Waals surface area contributed by atoms with Crippen LogP contribution in [0, 0.1) is 6.92 Å². The van der Waals surface area contributed by atoms with Gasteiger partial charge in [-0.1, -0.05) is 41.4 Å². The van der Waals surface area contributed by atoms with Gasteiger partial charge in [0.1, 0.15) is 0 Å². The quantitative estimate of drug-likeness (QED) is 0.920. The first kappa shape index (κ1) is 14.5. The Balaban J connectivity index is 1.99. The molecule has 1 heterocycles. The lowest BCUT2D eigenvalue weighted by atomic mass is 10.2. The first-order valence-corrected chi connectivity index (χ1v) is 8.56. The van der Waals surface area contributed by atoms with Crippen LogP contribution in [-0.2, 0) is 22.3 Å². The summed E-state index contributed by atoms with van der Waals surface area (Å²) < 4.78 is 27.1. The summed E-state index contributed by atoms with van der Waals surface area (Å²) >= 11 is 7.17. The molecule has 2 aromatic rings. The molecule has 6 heteroatoms. The minimum atomic E-state index is -3.33. The Morgan fingerprint density at radius 1 is 1.26 bits per heavy atom. The van der Waals surface area contributed by atoms with Gasteiger partial charge in [-0.25, -0.2) is 13.1 Å². The Hall–Kier alpha value is -0.880. The molecule has 102 valence electrons. The molecule has 1 aromatic heterocycles. The van der Waals surface area contributed by atoms with Crippen LogP contribution in [0.2, 0.25) is 4.34 Å². The molecule has 3 nitrogen and oxygen atoms in total. The lowest BCUT2D eigenvalue weighted by molar-refractivity contribution is 0.581. The summed E-state index contributed by atoms with van der Waals surface area (Å²) in [5.74, 6) is -0.00616. The van der Waals surface area contributed by atoms with Crippen molar-refractivity contribution >= 4 is 33.0 Å². The van der Waals surface area contributed by atoms with Crippen LogP contribution in [0.4, 0.5) is 0 Å². The van der Waals surface area contributed by atoms with E-state index in [2.05, 4.69) is 4.72 Å². The average molecular weight is 316 g/mol. The zero-order valence-corrected chi connectivity index (χ0v) is 12.8. The molecule has 0 saturated heterocycles. The van der Waals surface area contributed by atoms with E-state index < -0.39 is 10.0 Å². The first-order chi connectivity index (χ1) is 8.94. The molecule has 0 spiro atoms. The van der Waals surface area contributed by atoms with E-state index in [0.29, 0.717) is 4.34 Å². The molecule has 0 radical (unpaired) electrons. The Labute approximate surface area is 122 Å². The van der Waals surface area contributed by atoms with Crippen molar-refractivity contribution in [1.29, 1.82) is 0 Å². The Morgan fingerprint density at radius 2 is 2.05 bits per heavy atom. The van der Waals surface area contributed by atoms with Gasteiger partial charge in [-0.05, 0) is 24.6 Å². The molecule has 0 saturated carbocycles. The van der Waals surface area contributed by atoms with Crippen molar-refractivity contribution < 1.29 is 8.42 Å². The molecule has 0 aliphatic rings. The predicted octanol–water partition coefficient (Wildman–Crippen LogP) is 3.33. The van der Waals surface area contributed by atoms with Crippen molar-refractivity contribution in [2.45, 2.75) is 19.2 Å². The van der Waals surface area contributed by atoms with E-state index in [1.807, 2.05) is 37.3 Å². The Morgan fingerprint density at radius 3 is 2.68 bits per heavy atom. The SMILES string of the molecule is Cc1cccc(CS(=O)(=O)NCc2ccc(Cl)s2)c1. The molecule has 0 amide bonds. The molecule has 0 aliphatic carbocycles. The van der Waals surface area contributed by atoms with Crippen LogP contribution in [0.3, 0.4) is 0 Å². The minimum absolute atomic E-state index is 0.00616. The fourth-order valence-electron chi connectivity index (χ4n) is 1.70. The van der Waals surface area contributed by atoms with Crippen LogP contribution >= 0.6 is 22.9 Å². The van der Waals surface area contributed by atoms with Crippen molar-refractivity contribution in [2.24, 2.45) is 0 Å². The minimum Gasteiger partial charge on any atom is -0.212 e. The van der Waals surface area contributed by atoms with Crippen molar-refractivity contribution in [3.63, 3.8) is 0 Å². The second kappa shape index (κ2) is 6.05. The molecule has 1 N–H and O–H groups in total. The zero-order chi connectivity index (χ0) is 13.9. The summed E-state index contributed by atoms with van der Waals surface area (Å²) in [6, 6.07) is 11.1. The van der Waals surface area contributed by atoms with Gasteiger partial charge < -0.3 is 0 Å². The van der Waals surface area contributed by atoms with E-state index >= 15 is 0 Å². The lowest BCUT2D eigenvalue weighted by Gasteiger charge is -2.06. The number of hydrogen-bond acceptors (Lipinski definition) is 3. The standard InChI is InChI=1S/C13H14ClNO2S2/c1-10-3-2-4-11(7-10)9-19(16,17)15-8-12-5-6-13(14)18-12/h2-7,15H,8-9H2,1H3. The molecule has 0 aliphatic heterocycles. The topological polar surface area (TPSA) is 46.2 Å². The van der Waals surface area contributed by atoms with Crippen molar-refractivity contribution in [2.75, 3.05) is 0 Å². The van der Waals surface area contributed by atoms with Crippen molar-refractivity contribution in [3.05, 3.63) is 56.7 Å². The fraction of sp³-hybridized carbons (Fsp3) is 0.231. The molecule has 1 aromatic carbocycles. The fourth-order valence-corrected chi connectivity index (χ4v) is 3.91. The molecule has 0 unspecified atom stereocenters. The van der Waals surface area contributed by atoms with E-state index in [9.17, 15) is 8.42 Å². The highest BCUT2D eigenvalue weighted by atomic mass is 35.5. The van der Waals surface area contributed by atoms with Crippen molar-refractivity contribution in [1.82, 2.24) is 4.72 Å². The summed E-state index contributed by atoms with van der Waals surface area (Å²) in [6.07, 6.45) is 0. The van der Waals surface area contributed by atoms with E-state index in [1.54, 1.807) is 6.07 Å². The van der Waals surface area contributed by atoms with Crippen LogP contribution < -0.4 is 4.72 Å². The molecule has 0 bridgehead atoms. The Bertz CT molecular complexity index is 665. The number of hydrogen-bond donors (Lipinski definition) is 1. The van der Waals surface area contributed by atoms with E-state index in [1.165, 1.54) is 11.3 Å². The second-order valence-corrected chi connectivity index (χ2v) is 7.88. The Kier molecular flexibility index (Phi) is 4.62. The number of sulfonamides is 1. The maximum Gasteiger partial charge on any atom is 0.216 e. The van der Waals surface area contributed by atoms with Crippen molar-refractivity contribution in [3.8, 4) is 0 Å². The summed E-state index contributed by atoms with van der Waals surface area (Å²) in [7, 11) is -3.33. The highest BCUT2D eigenvalue weighted by Crippen LogP contribution is 2.21. The molecule has 19 heavy (non-hydrogen) atoms. The highest BCUT2D eigenvalue weighted by molar-refractivity contribution is 7.88.